The molecule has 2 unspecified atom stereocenters. The van der Waals surface area contributed by atoms with Gasteiger partial charge in [0, 0.05) is 31.1 Å². The summed E-state index contributed by atoms with van der Waals surface area (Å²) in [5.74, 6) is -0.109. The molecule has 2 atom stereocenters. The molecule has 0 spiro atoms. The van der Waals surface area contributed by atoms with Gasteiger partial charge in [0.2, 0.25) is 0 Å². The SMILES string of the molecule is CSC(C)(c1cc(Cl)c(F)c(C(=O)NCC2CCCOC2)c1OC(C)C)c1nc(C)c2c(N)nccn12. The summed E-state index contributed by atoms with van der Waals surface area (Å²) in [7, 11) is 0. The van der Waals surface area contributed by atoms with Crippen molar-refractivity contribution in [2.45, 2.75) is 51.4 Å². The number of halogens is 2. The highest BCUT2D eigenvalue weighted by Crippen LogP contribution is 2.48. The van der Waals surface area contributed by atoms with E-state index in [0.29, 0.717) is 41.6 Å². The first-order valence-corrected chi connectivity index (χ1v) is 13.9. The second kappa shape index (κ2) is 11.0. The second-order valence-electron chi connectivity index (χ2n) is 9.67. The lowest BCUT2D eigenvalue weighted by molar-refractivity contribution is 0.0535. The van der Waals surface area contributed by atoms with Crippen LogP contribution in [0, 0.1) is 18.7 Å². The number of rotatable bonds is 8. The average molecular weight is 550 g/mol. The largest absolute Gasteiger partial charge is 0.490 e. The van der Waals surface area contributed by atoms with Crippen molar-refractivity contribution < 1.29 is 18.7 Å². The molecular weight excluding hydrogens is 517 g/mol. The fraction of sp³-hybridized carbons (Fsp3) is 0.500. The molecule has 1 amide bonds. The van der Waals surface area contributed by atoms with Gasteiger partial charge in [0.05, 0.1) is 28.2 Å². The fourth-order valence-corrected chi connectivity index (χ4v) is 5.62. The summed E-state index contributed by atoms with van der Waals surface area (Å²) in [6, 6.07) is 1.53. The molecule has 4 rings (SSSR count). The van der Waals surface area contributed by atoms with E-state index in [0.717, 1.165) is 19.4 Å². The van der Waals surface area contributed by atoms with Gasteiger partial charge in [-0.25, -0.2) is 14.4 Å². The summed E-state index contributed by atoms with van der Waals surface area (Å²) in [6.07, 6.45) is 6.84. The van der Waals surface area contributed by atoms with Crippen molar-refractivity contribution >= 4 is 40.6 Å². The zero-order chi connectivity index (χ0) is 26.9. The molecule has 2 aromatic heterocycles. The Morgan fingerprint density at radius 2 is 2.24 bits per heavy atom. The van der Waals surface area contributed by atoms with E-state index in [9.17, 15) is 4.79 Å². The lowest BCUT2D eigenvalue weighted by atomic mass is 9.94. The number of nitrogens with two attached hydrogens (primary N) is 1. The minimum atomic E-state index is -0.890. The molecule has 1 aromatic carbocycles. The van der Waals surface area contributed by atoms with Crippen LogP contribution < -0.4 is 15.8 Å². The van der Waals surface area contributed by atoms with Crippen LogP contribution >= 0.6 is 23.4 Å². The first-order valence-electron chi connectivity index (χ1n) is 12.3. The molecular formula is C26H33ClFN5O3S. The van der Waals surface area contributed by atoms with Gasteiger partial charge in [-0.2, -0.15) is 0 Å². The van der Waals surface area contributed by atoms with Crippen molar-refractivity contribution in [1.29, 1.82) is 0 Å². The van der Waals surface area contributed by atoms with Crippen LogP contribution in [0.2, 0.25) is 5.02 Å². The van der Waals surface area contributed by atoms with Gasteiger partial charge in [-0.1, -0.05) is 11.6 Å². The van der Waals surface area contributed by atoms with Gasteiger partial charge in [0.1, 0.15) is 28.5 Å². The van der Waals surface area contributed by atoms with E-state index in [4.69, 9.17) is 31.8 Å². The van der Waals surface area contributed by atoms with Crippen LogP contribution in [-0.2, 0) is 9.48 Å². The maximum absolute atomic E-state index is 15.6. The molecule has 3 aromatic rings. The summed E-state index contributed by atoms with van der Waals surface area (Å²) in [5.41, 5.74) is 7.86. The molecule has 0 aliphatic carbocycles. The molecule has 3 heterocycles. The number of thioether (sulfide) groups is 1. The molecule has 0 radical (unpaired) electrons. The molecule has 1 saturated heterocycles. The maximum atomic E-state index is 15.6. The highest BCUT2D eigenvalue weighted by Gasteiger charge is 2.40. The predicted molar refractivity (Wildman–Crippen MR) is 145 cm³/mol. The van der Waals surface area contributed by atoms with E-state index in [1.165, 1.54) is 17.8 Å². The summed E-state index contributed by atoms with van der Waals surface area (Å²) < 4.78 is 28.2. The normalized spacial score (nSPS) is 17.7. The van der Waals surface area contributed by atoms with Gasteiger partial charge in [0.25, 0.3) is 5.91 Å². The number of benzene rings is 1. The quantitative estimate of drug-likeness (QED) is 0.408. The minimum absolute atomic E-state index is 0.141. The minimum Gasteiger partial charge on any atom is -0.490 e. The number of amides is 1. The van der Waals surface area contributed by atoms with E-state index < -0.39 is 16.5 Å². The molecule has 1 fully saturated rings. The summed E-state index contributed by atoms with van der Waals surface area (Å²) in [4.78, 5) is 22.5. The number of anilines is 1. The monoisotopic (exact) mass is 549 g/mol. The van der Waals surface area contributed by atoms with E-state index in [2.05, 4.69) is 10.3 Å². The van der Waals surface area contributed by atoms with Crippen LogP contribution in [0.4, 0.5) is 10.2 Å². The molecule has 3 N–H and O–H groups in total. The molecule has 0 bridgehead atoms. The zero-order valence-electron chi connectivity index (χ0n) is 21.7. The number of nitrogens with one attached hydrogen (secondary N) is 1. The topological polar surface area (TPSA) is 104 Å². The van der Waals surface area contributed by atoms with Crippen LogP contribution in [0.3, 0.4) is 0 Å². The van der Waals surface area contributed by atoms with Crippen molar-refractivity contribution in [1.82, 2.24) is 19.7 Å². The summed E-state index contributed by atoms with van der Waals surface area (Å²) >= 11 is 7.89. The number of nitrogens with zero attached hydrogens (tertiary/aromatic N) is 3. The third-order valence-electron chi connectivity index (χ3n) is 6.66. The van der Waals surface area contributed by atoms with E-state index >= 15 is 4.39 Å². The summed E-state index contributed by atoms with van der Waals surface area (Å²) in [6.45, 7) is 9.12. The van der Waals surface area contributed by atoms with Crippen molar-refractivity contribution in [2.75, 3.05) is 31.7 Å². The Bertz CT molecular complexity index is 1310. The van der Waals surface area contributed by atoms with Gasteiger partial charge in [-0.05, 0) is 58.8 Å². The van der Waals surface area contributed by atoms with Gasteiger partial charge < -0.3 is 20.5 Å². The van der Waals surface area contributed by atoms with Crippen LogP contribution in [0.25, 0.3) is 5.52 Å². The standard InChI is InChI=1S/C26H33ClFN5O3S/c1-14(2)36-22-17(26(4,37-5)25-32-15(3)21-23(29)30-8-9-33(21)25)11-18(27)20(28)19(22)24(34)31-12-16-7-6-10-35-13-16/h8-9,11,14,16H,6-7,10,12-13H2,1-5H3,(H2,29,30)(H,31,34). The predicted octanol–water partition coefficient (Wildman–Crippen LogP) is 4.98. The highest BCUT2D eigenvalue weighted by atomic mass is 35.5. The maximum Gasteiger partial charge on any atom is 0.258 e. The smallest absolute Gasteiger partial charge is 0.258 e. The molecule has 8 nitrogen and oxygen atoms in total. The number of ether oxygens (including phenoxy) is 2. The van der Waals surface area contributed by atoms with Crippen LogP contribution in [-0.4, -0.2) is 52.4 Å². The van der Waals surface area contributed by atoms with Gasteiger partial charge >= 0.3 is 0 Å². The van der Waals surface area contributed by atoms with Crippen molar-refractivity contribution in [3.63, 3.8) is 0 Å². The number of hydrogen-bond acceptors (Lipinski definition) is 7. The van der Waals surface area contributed by atoms with Crippen LogP contribution in [0.1, 0.15) is 61.1 Å². The van der Waals surface area contributed by atoms with E-state index in [1.807, 2.05) is 38.4 Å². The Morgan fingerprint density at radius 1 is 1.49 bits per heavy atom. The zero-order valence-corrected chi connectivity index (χ0v) is 23.3. The Balaban J connectivity index is 1.87. The highest BCUT2D eigenvalue weighted by molar-refractivity contribution is 7.99. The molecule has 37 heavy (non-hydrogen) atoms. The Hall–Kier alpha value is -2.56. The van der Waals surface area contributed by atoms with E-state index in [-0.39, 0.29) is 28.4 Å². The Morgan fingerprint density at radius 3 is 2.89 bits per heavy atom. The number of aryl methyl sites for hydroxylation is 1. The number of nitrogen functional groups attached to an aromatic ring is 1. The Labute approximate surface area is 225 Å². The number of aromatic nitrogens is 3. The van der Waals surface area contributed by atoms with Gasteiger partial charge in [0.15, 0.2) is 5.82 Å². The Kier molecular flexibility index (Phi) is 8.20. The molecule has 200 valence electrons. The van der Waals surface area contributed by atoms with Crippen molar-refractivity contribution in [3.05, 3.63) is 51.9 Å². The number of carbonyl (C=O) groups is 1. The second-order valence-corrected chi connectivity index (χ2v) is 11.3. The van der Waals surface area contributed by atoms with Crippen molar-refractivity contribution in [2.24, 2.45) is 5.92 Å². The molecule has 1 aliphatic rings. The molecule has 0 saturated carbocycles. The van der Waals surface area contributed by atoms with E-state index in [1.54, 1.807) is 12.4 Å². The third-order valence-corrected chi connectivity index (χ3v) is 8.16. The lowest BCUT2D eigenvalue weighted by Gasteiger charge is -2.31. The van der Waals surface area contributed by atoms with Crippen LogP contribution in [0.5, 0.6) is 5.75 Å². The molecule has 11 heteroatoms. The first kappa shape index (κ1) is 27.5. The average Bonchev–Trinajstić information content (AvgIpc) is 3.22. The number of fused-ring (bicyclic) bond motifs is 1. The third kappa shape index (κ3) is 5.24. The van der Waals surface area contributed by atoms with Gasteiger partial charge in [-0.3, -0.25) is 9.20 Å². The summed E-state index contributed by atoms with van der Waals surface area (Å²) in [5, 5.41) is 2.71. The fourth-order valence-electron chi connectivity index (χ4n) is 4.72. The number of hydrogen-bond donors (Lipinski definition) is 2. The van der Waals surface area contributed by atoms with Gasteiger partial charge in [-0.15, -0.1) is 11.8 Å². The van der Waals surface area contributed by atoms with Crippen molar-refractivity contribution in [3.8, 4) is 5.75 Å². The number of carbonyl (C=O) groups excluding carboxylic acids is 1. The van der Waals surface area contributed by atoms with Crippen LogP contribution in [0.15, 0.2) is 18.5 Å². The number of imidazole rings is 1. The molecule has 1 aliphatic heterocycles. The lowest BCUT2D eigenvalue weighted by Crippen LogP contribution is -2.34. The first-order chi connectivity index (χ1) is 17.6.